The molecule has 0 saturated carbocycles. The van der Waals surface area contributed by atoms with Gasteiger partial charge in [0.25, 0.3) is 0 Å². The molecule has 1 amide bonds. The van der Waals surface area contributed by atoms with Crippen LogP contribution in [0.25, 0.3) is 6.08 Å². The van der Waals surface area contributed by atoms with Crippen molar-refractivity contribution in [1.29, 1.82) is 0 Å². The van der Waals surface area contributed by atoms with Crippen molar-refractivity contribution in [3.63, 3.8) is 0 Å². The Kier molecular flexibility index (Phi) is 6.70. The maximum Gasteiger partial charge on any atom is 0.407 e. The highest BCUT2D eigenvalue weighted by Crippen LogP contribution is 2.18. The molecule has 1 N–H and O–H groups in total. The molecule has 0 unspecified atom stereocenters. The Morgan fingerprint density at radius 2 is 2.00 bits per heavy atom. The summed E-state index contributed by atoms with van der Waals surface area (Å²) in [5, 5.41) is 3.44. The van der Waals surface area contributed by atoms with Gasteiger partial charge in [-0.15, -0.1) is 0 Å². The van der Waals surface area contributed by atoms with Crippen LogP contribution in [0, 0.1) is 6.92 Å². The highest BCUT2D eigenvalue weighted by atomic mass is 35.5. The average Bonchev–Trinajstić information content (AvgIpc) is 2.56. The van der Waals surface area contributed by atoms with Crippen molar-refractivity contribution in [2.24, 2.45) is 0 Å². The summed E-state index contributed by atoms with van der Waals surface area (Å²) in [6, 6.07) is 15.5. The van der Waals surface area contributed by atoms with Gasteiger partial charge in [-0.25, -0.2) is 4.79 Å². The number of hydrogen-bond acceptors (Lipinski definition) is 2. The Hall–Kier alpha value is -2.26. The van der Waals surface area contributed by atoms with Gasteiger partial charge in [-0.3, -0.25) is 0 Å². The van der Waals surface area contributed by atoms with E-state index in [1.54, 1.807) is 0 Å². The SMILES string of the molecule is Cc1ccc(Cl)c(C=CCCNC(=O)OCc2ccccc2)c1. The van der Waals surface area contributed by atoms with Gasteiger partial charge in [-0.05, 0) is 30.5 Å². The van der Waals surface area contributed by atoms with Crippen LogP contribution in [0.4, 0.5) is 4.79 Å². The molecule has 0 saturated heterocycles. The molecule has 2 aromatic rings. The van der Waals surface area contributed by atoms with Crippen molar-refractivity contribution in [2.75, 3.05) is 6.54 Å². The first-order valence-corrected chi connectivity index (χ1v) is 7.90. The van der Waals surface area contributed by atoms with E-state index in [1.807, 2.05) is 67.6 Å². The molecule has 0 fully saturated rings. The lowest BCUT2D eigenvalue weighted by molar-refractivity contribution is 0.140. The summed E-state index contributed by atoms with van der Waals surface area (Å²) >= 11 is 6.12. The first-order chi connectivity index (χ1) is 11.1. The van der Waals surface area contributed by atoms with E-state index in [0.29, 0.717) is 13.0 Å². The fourth-order valence-corrected chi connectivity index (χ4v) is 2.21. The Morgan fingerprint density at radius 3 is 2.78 bits per heavy atom. The van der Waals surface area contributed by atoms with Crippen molar-refractivity contribution >= 4 is 23.8 Å². The Bertz CT molecular complexity index is 668. The van der Waals surface area contributed by atoms with Crippen LogP contribution >= 0.6 is 11.6 Å². The third-order valence-electron chi connectivity index (χ3n) is 3.24. The fourth-order valence-electron chi connectivity index (χ4n) is 2.03. The number of carbonyl (C=O) groups is 1. The number of amides is 1. The van der Waals surface area contributed by atoms with Gasteiger partial charge in [-0.1, -0.05) is 71.8 Å². The molecule has 0 aromatic heterocycles. The Labute approximate surface area is 141 Å². The summed E-state index contributed by atoms with van der Waals surface area (Å²) in [4.78, 5) is 11.6. The van der Waals surface area contributed by atoms with E-state index in [4.69, 9.17) is 16.3 Å². The molecule has 120 valence electrons. The predicted molar refractivity (Wildman–Crippen MR) is 94.5 cm³/mol. The molecule has 0 aliphatic rings. The van der Waals surface area contributed by atoms with E-state index >= 15 is 0 Å². The van der Waals surface area contributed by atoms with Crippen LogP contribution < -0.4 is 5.32 Å². The van der Waals surface area contributed by atoms with Crippen molar-refractivity contribution in [3.05, 3.63) is 76.3 Å². The second-order valence-corrected chi connectivity index (χ2v) is 5.61. The summed E-state index contributed by atoms with van der Waals surface area (Å²) in [6.45, 7) is 2.83. The topological polar surface area (TPSA) is 38.3 Å². The van der Waals surface area contributed by atoms with E-state index in [1.165, 1.54) is 0 Å². The van der Waals surface area contributed by atoms with Crippen LogP contribution in [0.2, 0.25) is 5.02 Å². The van der Waals surface area contributed by atoms with Gasteiger partial charge in [0.1, 0.15) is 6.61 Å². The van der Waals surface area contributed by atoms with E-state index in [9.17, 15) is 4.79 Å². The number of alkyl carbamates (subject to hydrolysis) is 1. The van der Waals surface area contributed by atoms with Crippen LogP contribution in [0.3, 0.4) is 0 Å². The van der Waals surface area contributed by atoms with Crippen molar-refractivity contribution in [1.82, 2.24) is 5.32 Å². The number of aryl methyl sites for hydroxylation is 1. The van der Waals surface area contributed by atoms with Crippen molar-refractivity contribution < 1.29 is 9.53 Å². The number of ether oxygens (including phenoxy) is 1. The van der Waals surface area contributed by atoms with Gasteiger partial charge >= 0.3 is 6.09 Å². The summed E-state index contributed by atoms with van der Waals surface area (Å²) in [5.41, 5.74) is 3.12. The predicted octanol–water partition coefficient (Wildman–Crippen LogP) is 4.98. The third-order valence-corrected chi connectivity index (χ3v) is 3.59. The number of hydrogen-bond donors (Lipinski definition) is 1. The molecule has 23 heavy (non-hydrogen) atoms. The van der Waals surface area contributed by atoms with Crippen LogP contribution in [-0.2, 0) is 11.3 Å². The zero-order valence-corrected chi connectivity index (χ0v) is 13.8. The summed E-state index contributed by atoms with van der Waals surface area (Å²) in [5.74, 6) is 0. The van der Waals surface area contributed by atoms with Crippen LogP contribution in [0.1, 0.15) is 23.1 Å². The lowest BCUT2D eigenvalue weighted by Gasteiger charge is -2.06. The molecule has 0 heterocycles. The molecule has 0 aliphatic carbocycles. The van der Waals surface area contributed by atoms with Crippen LogP contribution in [-0.4, -0.2) is 12.6 Å². The summed E-state index contributed by atoms with van der Waals surface area (Å²) in [7, 11) is 0. The molecular weight excluding hydrogens is 310 g/mol. The number of rotatable bonds is 6. The molecule has 0 radical (unpaired) electrons. The van der Waals surface area contributed by atoms with E-state index in [2.05, 4.69) is 5.32 Å². The van der Waals surface area contributed by atoms with Crippen LogP contribution in [0.5, 0.6) is 0 Å². The van der Waals surface area contributed by atoms with Gasteiger partial charge in [0.15, 0.2) is 0 Å². The second-order valence-electron chi connectivity index (χ2n) is 5.20. The molecule has 0 atom stereocenters. The van der Waals surface area contributed by atoms with Crippen molar-refractivity contribution in [3.8, 4) is 0 Å². The molecule has 3 nitrogen and oxygen atoms in total. The number of nitrogens with one attached hydrogen (secondary N) is 1. The fraction of sp³-hybridized carbons (Fsp3) is 0.211. The van der Waals surface area contributed by atoms with E-state index in [-0.39, 0.29) is 6.61 Å². The monoisotopic (exact) mass is 329 g/mol. The zero-order valence-electron chi connectivity index (χ0n) is 13.1. The lowest BCUT2D eigenvalue weighted by Crippen LogP contribution is -2.24. The summed E-state index contributed by atoms with van der Waals surface area (Å²) < 4.78 is 5.13. The third kappa shape index (κ3) is 6.17. The largest absolute Gasteiger partial charge is 0.445 e. The van der Waals surface area contributed by atoms with E-state index < -0.39 is 6.09 Å². The highest BCUT2D eigenvalue weighted by molar-refractivity contribution is 6.32. The zero-order chi connectivity index (χ0) is 16.5. The molecule has 4 heteroatoms. The van der Waals surface area contributed by atoms with E-state index in [0.717, 1.165) is 21.7 Å². The number of halogens is 1. The smallest absolute Gasteiger partial charge is 0.407 e. The van der Waals surface area contributed by atoms with Gasteiger partial charge in [-0.2, -0.15) is 0 Å². The first kappa shape index (κ1) is 17.1. The maximum absolute atomic E-state index is 11.6. The average molecular weight is 330 g/mol. The Balaban J connectivity index is 1.67. The second kappa shape index (κ2) is 9.01. The minimum Gasteiger partial charge on any atom is -0.445 e. The van der Waals surface area contributed by atoms with Gasteiger partial charge in [0.2, 0.25) is 0 Å². The number of carbonyl (C=O) groups excluding carboxylic acids is 1. The Morgan fingerprint density at radius 1 is 1.22 bits per heavy atom. The quantitative estimate of drug-likeness (QED) is 0.759. The minimum absolute atomic E-state index is 0.279. The molecule has 0 spiro atoms. The molecule has 2 aromatic carbocycles. The first-order valence-electron chi connectivity index (χ1n) is 7.52. The highest BCUT2D eigenvalue weighted by Gasteiger charge is 2.01. The maximum atomic E-state index is 11.6. The van der Waals surface area contributed by atoms with Gasteiger partial charge in [0, 0.05) is 11.6 Å². The van der Waals surface area contributed by atoms with Crippen LogP contribution in [0.15, 0.2) is 54.6 Å². The lowest BCUT2D eigenvalue weighted by atomic mass is 10.1. The minimum atomic E-state index is -0.407. The normalized spacial score (nSPS) is 10.7. The standard InChI is InChI=1S/C19H20ClNO2/c1-15-10-11-18(20)17(13-15)9-5-6-12-21-19(22)23-14-16-7-3-2-4-8-16/h2-5,7-11,13H,6,12,14H2,1H3,(H,21,22). The number of benzene rings is 2. The van der Waals surface area contributed by atoms with Crippen molar-refractivity contribution in [2.45, 2.75) is 20.0 Å². The molecule has 2 rings (SSSR count). The summed E-state index contributed by atoms with van der Waals surface area (Å²) in [6.07, 6.45) is 4.26. The molecule has 0 aliphatic heterocycles. The molecule has 0 bridgehead atoms. The molecular formula is C19H20ClNO2. The van der Waals surface area contributed by atoms with Gasteiger partial charge < -0.3 is 10.1 Å². The van der Waals surface area contributed by atoms with Gasteiger partial charge in [0.05, 0.1) is 0 Å².